The molecule has 1 aliphatic carbocycles. The molecular weight excluding hydrogens is 723 g/mol. The van der Waals surface area contributed by atoms with Gasteiger partial charge in [-0.15, -0.1) is 0 Å². The third-order valence-corrected chi connectivity index (χ3v) is 11.3. The average molecular weight is 756 g/mol. The summed E-state index contributed by atoms with van der Waals surface area (Å²) in [6.07, 6.45) is -4.44. The van der Waals surface area contributed by atoms with Crippen molar-refractivity contribution in [1.82, 2.24) is 19.5 Å². The number of nitrogens with two attached hydrogens (primary N) is 2. The number of hydrogen-bond acceptors (Lipinski definition) is 17. The molecule has 49 heavy (non-hydrogen) atoms. The number of pyridine rings is 1. The summed E-state index contributed by atoms with van der Waals surface area (Å²) in [4.78, 5) is 52.6. The molecule has 3 aromatic rings. The normalized spacial score (nSPS) is 29.9. The number of aliphatic hydroxyl groups is 3. The molecule has 1 amide bonds. The van der Waals surface area contributed by atoms with Crippen LogP contribution in [0.3, 0.4) is 0 Å². The quantitative estimate of drug-likeness (QED) is 0.0679. The highest BCUT2D eigenvalue weighted by atomic mass is 31.3. The molecule has 5 rings (SSSR count). The zero-order valence-electron chi connectivity index (χ0n) is 25.2. The fraction of sp³-hybridized carbons (Fsp3) is 0.522. The van der Waals surface area contributed by atoms with Gasteiger partial charge in [0.05, 0.1) is 25.6 Å². The van der Waals surface area contributed by atoms with Crippen LogP contribution in [0.15, 0.2) is 37.2 Å². The van der Waals surface area contributed by atoms with Crippen molar-refractivity contribution in [2.45, 2.75) is 49.2 Å². The van der Waals surface area contributed by atoms with E-state index in [2.05, 4.69) is 19.3 Å². The Morgan fingerprint density at radius 2 is 1.82 bits per heavy atom. The summed E-state index contributed by atoms with van der Waals surface area (Å²) in [6.45, 7) is -1.64. The first-order valence-corrected chi connectivity index (χ1v) is 18.6. The number of ether oxygens (including phenoxy) is 1. The number of carbonyl (C=O) groups is 1. The third kappa shape index (κ3) is 8.39. The van der Waals surface area contributed by atoms with Crippen molar-refractivity contribution < 1.29 is 80.2 Å². The first-order chi connectivity index (χ1) is 22.9. The van der Waals surface area contributed by atoms with Gasteiger partial charge >= 0.3 is 23.5 Å². The fourth-order valence-corrected chi connectivity index (χ4v) is 8.49. The van der Waals surface area contributed by atoms with E-state index in [0.29, 0.717) is 0 Å². The van der Waals surface area contributed by atoms with Crippen LogP contribution in [0.5, 0.6) is 0 Å². The Hall–Kier alpha value is -2.82. The molecule has 1 saturated carbocycles. The molecule has 0 bridgehead atoms. The Morgan fingerprint density at radius 3 is 2.49 bits per heavy atom. The van der Waals surface area contributed by atoms with Crippen molar-refractivity contribution in [1.29, 1.82) is 0 Å². The number of nitrogen functional groups attached to an aromatic ring is 1. The Bertz CT molecular complexity index is 1830. The lowest BCUT2D eigenvalue weighted by atomic mass is 10.1. The minimum absolute atomic E-state index is 0.00194. The summed E-state index contributed by atoms with van der Waals surface area (Å²) in [6, 6.07) is 2.17. The Morgan fingerprint density at radius 1 is 1.08 bits per heavy atom. The van der Waals surface area contributed by atoms with Gasteiger partial charge in [0.1, 0.15) is 41.8 Å². The number of aromatic nitrogens is 5. The number of carbonyl (C=O) groups excluding carboxylic acids is 1. The third-order valence-electron chi connectivity index (χ3n) is 7.77. The highest BCUT2D eigenvalue weighted by molar-refractivity contribution is 7.61. The molecule has 10 N–H and O–H groups in total. The predicted octanol–water partition coefficient (Wildman–Crippen LogP) is -1.58. The van der Waals surface area contributed by atoms with Crippen molar-refractivity contribution in [3.8, 4) is 0 Å². The van der Waals surface area contributed by atoms with Crippen molar-refractivity contribution in [2.75, 3.05) is 26.1 Å². The largest absolute Gasteiger partial charge is 0.483 e. The van der Waals surface area contributed by atoms with Crippen LogP contribution in [0.2, 0.25) is 0 Å². The zero-order chi connectivity index (χ0) is 35.9. The molecule has 3 aromatic heterocycles. The highest BCUT2D eigenvalue weighted by Gasteiger charge is 2.51. The topological polar surface area (TPSA) is 345 Å². The van der Waals surface area contributed by atoms with Gasteiger partial charge in [-0.1, -0.05) is 0 Å². The van der Waals surface area contributed by atoms with Gasteiger partial charge in [-0.25, -0.2) is 28.6 Å². The van der Waals surface area contributed by atoms with Crippen LogP contribution in [-0.2, 0) is 40.8 Å². The summed E-state index contributed by atoms with van der Waals surface area (Å²) in [5.41, 5.74) is 11.4. The molecule has 26 heteroatoms. The van der Waals surface area contributed by atoms with Crippen LogP contribution in [-0.4, -0.2) is 106 Å². The molecule has 2 fully saturated rings. The maximum Gasteiger partial charge on any atom is 0.483 e. The van der Waals surface area contributed by atoms with E-state index in [0.717, 1.165) is 19.8 Å². The van der Waals surface area contributed by atoms with E-state index in [9.17, 15) is 48.5 Å². The van der Waals surface area contributed by atoms with Crippen LogP contribution in [0.25, 0.3) is 11.2 Å². The van der Waals surface area contributed by atoms with E-state index in [-0.39, 0.29) is 29.0 Å². The summed E-state index contributed by atoms with van der Waals surface area (Å²) in [7, 11) is -14.8. The number of rotatable bonds is 14. The lowest BCUT2D eigenvalue weighted by Crippen LogP contribution is -2.45. The smallest absolute Gasteiger partial charge is 0.390 e. The number of aliphatic hydroxyl groups excluding tert-OH is 3. The van der Waals surface area contributed by atoms with Crippen LogP contribution in [0, 0.1) is 5.92 Å². The highest BCUT2D eigenvalue weighted by Crippen LogP contribution is 2.63. The van der Waals surface area contributed by atoms with Crippen molar-refractivity contribution >= 4 is 46.4 Å². The monoisotopic (exact) mass is 756 g/mol. The van der Waals surface area contributed by atoms with E-state index < -0.39 is 91.3 Å². The molecule has 0 aromatic carbocycles. The number of primary amides is 1. The number of nitrogens with zero attached hydrogens (tertiary/aromatic N) is 5. The summed E-state index contributed by atoms with van der Waals surface area (Å²) in [5.74, 6) is -1.69. The van der Waals surface area contributed by atoms with Crippen LogP contribution in [0.1, 0.15) is 29.0 Å². The summed E-state index contributed by atoms with van der Waals surface area (Å²) in [5, 5.41) is 32.1. The lowest BCUT2D eigenvalue weighted by molar-refractivity contribution is -0.728. The van der Waals surface area contributed by atoms with Gasteiger partial charge in [0, 0.05) is 25.5 Å². The summed E-state index contributed by atoms with van der Waals surface area (Å²) < 4.78 is 70.2. The molecule has 10 atom stereocenters. The Labute approximate surface area is 275 Å². The average Bonchev–Trinajstić information content (AvgIpc) is 3.68. The number of phosphoric acid groups is 3. The van der Waals surface area contributed by atoms with Gasteiger partial charge in [-0.05, 0) is 6.07 Å². The minimum atomic E-state index is -5.31. The second-order valence-corrected chi connectivity index (χ2v) is 15.5. The number of imidazole rings is 1. The number of anilines is 1. The van der Waals surface area contributed by atoms with Crippen molar-refractivity contribution in [3.63, 3.8) is 0 Å². The van der Waals surface area contributed by atoms with Gasteiger partial charge in [-0.3, -0.25) is 27.5 Å². The molecule has 1 aliphatic heterocycles. The van der Waals surface area contributed by atoms with Crippen LogP contribution >= 0.6 is 23.5 Å². The van der Waals surface area contributed by atoms with E-state index in [4.69, 9.17) is 34.3 Å². The molecular formula is C23H33N7O16P3+. The lowest BCUT2D eigenvalue weighted by Gasteiger charge is -2.23. The Balaban J connectivity index is 1.24. The maximum absolute atomic E-state index is 13.2. The van der Waals surface area contributed by atoms with E-state index in [1.54, 1.807) is 0 Å². The van der Waals surface area contributed by atoms with Crippen molar-refractivity contribution in [3.05, 3.63) is 42.7 Å². The van der Waals surface area contributed by atoms with Crippen molar-refractivity contribution in [2.24, 2.45) is 11.7 Å². The van der Waals surface area contributed by atoms with E-state index in [1.165, 1.54) is 33.7 Å². The standard InChI is InChI=1S/C23H32N7O16P3/c1-41-49(40,46-48(38,39)42-7-12-5-13(17(32)16(12)31)29-4-2-3-11(6-29)21(25)34)43-8-14-19(45-47(35,36)37)18(33)23(44-14)30-10-28-15-20(24)26-9-27-22(15)30/h2-4,6,9-10,12-14,16-19,23,31-33H,5,7-8H2,1H3,(H6-,24,25,26,27,34,35,36,37,38,39)/p+1. The predicted molar refractivity (Wildman–Crippen MR) is 158 cm³/mol. The molecule has 10 unspecified atom stereocenters. The van der Waals surface area contributed by atoms with Crippen LogP contribution < -0.4 is 16.0 Å². The molecule has 0 radical (unpaired) electrons. The van der Waals surface area contributed by atoms with Crippen LogP contribution in [0.4, 0.5) is 5.82 Å². The van der Waals surface area contributed by atoms with Gasteiger partial charge in [0.25, 0.3) is 5.91 Å². The molecule has 0 spiro atoms. The second-order valence-electron chi connectivity index (χ2n) is 10.9. The minimum Gasteiger partial charge on any atom is -0.390 e. The number of phosphoric ester groups is 3. The van der Waals surface area contributed by atoms with Gasteiger partial charge in [0.2, 0.25) is 0 Å². The maximum atomic E-state index is 13.2. The fourth-order valence-electron chi connectivity index (χ4n) is 5.45. The molecule has 1 saturated heterocycles. The van der Waals surface area contributed by atoms with Gasteiger partial charge < -0.3 is 46.2 Å². The second kappa shape index (κ2) is 14.4. The zero-order valence-corrected chi connectivity index (χ0v) is 27.9. The summed E-state index contributed by atoms with van der Waals surface area (Å²) >= 11 is 0. The molecule has 4 heterocycles. The molecule has 270 valence electrons. The number of fused-ring (bicyclic) bond motifs is 1. The van der Waals surface area contributed by atoms with E-state index in [1.807, 2.05) is 0 Å². The molecule has 23 nitrogen and oxygen atoms in total. The van der Waals surface area contributed by atoms with Gasteiger partial charge in [0.15, 0.2) is 36.1 Å². The Kier molecular flexibility index (Phi) is 11.0. The first kappa shape index (κ1) is 37.4. The van der Waals surface area contributed by atoms with E-state index >= 15 is 0 Å². The number of amides is 1. The first-order valence-electron chi connectivity index (χ1n) is 14.1. The SMILES string of the molecule is COP(=O)(OCC1OC(n2cnc3c(N)ncnc32)C(O)C1OP(=O)(O)O)OP(=O)(O)OCC1CC([n+]2cccc(C(N)=O)c2)C(O)C1O. The number of hydrogen-bond donors (Lipinski definition) is 8. The molecule has 2 aliphatic rings. The van der Waals surface area contributed by atoms with Gasteiger partial charge in [-0.2, -0.15) is 8.88 Å².